The molecule has 1 aromatic carbocycles. The SMILES string of the molecule is CC(C)CC(Nc1ccc(C(=O)NC(C)C)cc1[N+](=O)[O-])C(=O)O. The minimum atomic E-state index is -1.08. The van der Waals surface area contributed by atoms with E-state index in [1.165, 1.54) is 12.1 Å². The topological polar surface area (TPSA) is 122 Å². The van der Waals surface area contributed by atoms with Gasteiger partial charge in [-0.15, -0.1) is 0 Å². The summed E-state index contributed by atoms with van der Waals surface area (Å²) in [6.45, 7) is 7.30. The van der Waals surface area contributed by atoms with E-state index >= 15 is 0 Å². The van der Waals surface area contributed by atoms with E-state index in [1.54, 1.807) is 13.8 Å². The molecule has 1 aromatic rings. The summed E-state index contributed by atoms with van der Waals surface area (Å²) in [5.41, 5.74) is -0.104. The quantitative estimate of drug-likeness (QED) is 0.495. The predicted octanol–water partition coefficient (Wildman–Crippen LogP) is 2.64. The first-order valence-electron chi connectivity index (χ1n) is 7.70. The van der Waals surface area contributed by atoms with Crippen molar-refractivity contribution in [2.75, 3.05) is 5.32 Å². The van der Waals surface area contributed by atoms with Crippen molar-refractivity contribution in [3.63, 3.8) is 0 Å². The van der Waals surface area contributed by atoms with Gasteiger partial charge >= 0.3 is 5.97 Å². The third kappa shape index (κ3) is 5.53. The third-order valence-electron chi connectivity index (χ3n) is 3.21. The Labute approximate surface area is 140 Å². The van der Waals surface area contributed by atoms with E-state index < -0.39 is 22.8 Å². The molecule has 3 N–H and O–H groups in total. The van der Waals surface area contributed by atoms with Crippen LogP contribution in [0.5, 0.6) is 0 Å². The van der Waals surface area contributed by atoms with Crippen molar-refractivity contribution < 1.29 is 19.6 Å². The zero-order chi connectivity index (χ0) is 18.4. The van der Waals surface area contributed by atoms with Crippen molar-refractivity contribution in [3.05, 3.63) is 33.9 Å². The number of rotatable bonds is 8. The summed E-state index contributed by atoms with van der Waals surface area (Å²) in [6.07, 6.45) is 0.322. The number of carboxylic acids is 1. The van der Waals surface area contributed by atoms with Crippen molar-refractivity contribution in [1.82, 2.24) is 5.32 Å². The molecule has 1 rings (SSSR count). The van der Waals surface area contributed by atoms with Gasteiger partial charge in [0.25, 0.3) is 11.6 Å². The fraction of sp³-hybridized carbons (Fsp3) is 0.500. The van der Waals surface area contributed by atoms with E-state index in [-0.39, 0.29) is 28.9 Å². The second kappa shape index (κ2) is 8.28. The van der Waals surface area contributed by atoms with Crippen molar-refractivity contribution >= 4 is 23.3 Å². The second-order valence-corrected chi connectivity index (χ2v) is 6.28. The Kier molecular flexibility index (Phi) is 6.69. The molecule has 1 atom stereocenters. The molecule has 0 radical (unpaired) electrons. The van der Waals surface area contributed by atoms with Crippen LogP contribution in [0.15, 0.2) is 18.2 Å². The van der Waals surface area contributed by atoms with Gasteiger partial charge in [0.1, 0.15) is 11.7 Å². The summed E-state index contributed by atoms with van der Waals surface area (Å²) in [4.78, 5) is 33.9. The van der Waals surface area contributed by atoms with Gasteiger partial charge in [-0.05, 0) is 38.3 Å². The van der Waals surface area contributed by atoms with Gasteiger partial charge in [-0.1, -0.05) is 13.8 Å². The number of nitrogens with zero attached hydrogens (tertiary/aromatic N) is 1. The molecule has 8 nitrogen and oxygen atoms in total. The normalized spacial score (nSPS) is 12.1. The van der Waals surface area contributed by atoms with Gasteiger partial charge in [0.15, 0.2) is 0 Å². The highest BCUT2D eigenvalue weighted by atomic mass is 16.6. The van der Waals surface area contributed by atoms with Crippen molar-refractivity contribution in [2.45, 2.75) is 46.2 Å². The highest BCUT2D eigenvalue weighted by Gasteiger charge is 2.24. The number of anilines is 1. The molecule has 0 saturated carbocycles. The van der Waals surface area contributed by atoms with Gasteiger partial charge in [-0.2, -0.15) is 0 Å². The Morgan fingerprint density at radius 2 is 1.88 bits per heavy atom. The Bertz CT molecular complexity index is 628. The number of carbonyl (C=O) groups is 2. The number of benzene rings is 1. The number of nitrogens with one attached hydrogen (secondary N) is 2. The van der Waals surface area contributed by atoms with Crippen LogP contribution in [-0.2, 0) is 4.79 Å². The number of nitro benzene ring substituents is 1. The van der Waals surface area contributed by atoms with E-state index in [0.29, 0.717) is 6.42 Å². The first kappa shape index (κ1) is 19.4. The van der Waals surface area contributed by atoms with E-state index in [2.05, 4.69) is 10.6 Å². The van der Waals surface area contributed by atoms with E-state index in [9.17, 15) is 24.8 Å². The summed E-state index contributed by atoms with van der Waals surface area (Å²) in [5, 5.41) is 25.9. The number of nitro groups is 1. The molecule has 24 heavy (non-hydrogen) atoms. The highest BCUT2D eigenvalue weighted by molar-refractivity contribution is 5.96. The minimum absolute atomic E-state index is 0.0779. The molecular weight excluding hydrogens is 314 g/mol. The molecule has 0 bridgehead atoms. The average Bonchev–Trinajstić information content (AvgIpc) is 2.45. The fourth-order valence-corrected chi connectivity index (χ4v) is 2.17. The van der Waals surface area contributed by atoms with Crippen molar-refractivity contribution in [3.8, 4) is 0 Å². The molecule has 0 saturated heterocycles. The van der Waals surface area contributed by atoms with Gasteiger partial charge in [0, 0.05) is 17.7 Å². The summed E-state index contributed by atoms with van der Waals surface area (Å²) >= 11 is 0. The van der Waals surface area contributed by atoms with Crippen LogP contribution in [0, 0.1) is 16.0 Å². The molecule has 132 valence electrons. The van der Waals surface area contributed by atoms with Crippen LogP contribution >= 0.6 is 0 Å². The number of hydrogen-bond donors (Lipinski definition) is 3. The third-order valence-corrected chi connectivity index (χ3v) is 3.21. The summed E-state index contributed by atoms with van der Waals surface area (Å²) in [7, 11) is 0. The molecule has 0 aliphatic carbocycles. The van der Waals surface area contributed by atoms with E-state index in [0.717, 1.165) is 6.07 Å². The molecule has 8 heteroatoms. The predicted molar refractivity (Wildman–Crippen MR) is 90.2 cm³/mol. The zero-order valence-electron chi connectivity index (χ0n) is 14.2. The largest absolute Gasteiger partial charge is 0.480 e. The van der Waals surface area contributed by atoms with Gasteiger partial charge in [0.05, 0.1) is 4.92 Å². The molecule has 0 heterocycles. The maximum absolute atomic E-state index is 12.0. The number of amides is 1. The Morgan fingerprint density at radius 3 is 2.33 bits per heavy atom. The summed E-state index contributed by atoms with van der Waals surface area (Å²) in [6, 6.07) is 2.90. The standard InChI is InChI=1S/C16H23N3O5/c1-9(2)7-13(16(21)22)18-12-6-5-11(8-14(12)19(23)24)15(20)17-10(3)4/h5-6,8-10,13,18H,7H2,1-4H3,(H,17,20)(H,21,22). The number of carboxylic acid groups (broad SMARTS) is 1. The second-order valence-electron chi connectivity index (χ2n) is 6.28. The molecule has 0 spiro atoms. The molecule has 0 aromatic heterocycles. The van der Waals surface area contributed by atoms with Crippen LogP contribution in [-0.4, -0.2) is 34.0 Å². The first-order valence-corrected chi connectivity index (χ1v) is 7.70. The molecule has 0 aliphatic rings. The van der Waals surface area contributed by atoms with E-state index in [1.807, 2.05) is 13.8 Å². The van der Waals surface area contributed by atoms with Gasteiger partial charge in [0.2, 0.25) is 0 Å². The van der Waals surface area contributed by atoms with Gasteiger partial charge in [-0.3, -0.25) is 14.9 Å². The maximum Gasteiger partial charge on any atom is 0.326 e. The lowest BCUT2D eigenvalue weighted by Crippen LogP contribution is -2.31. The molecule has 0 fully saturated rings. The van der Waals surface area contributed by atoms with Gasteiger partial charge < -0.3 is 15.7 Å². The molecule has 1 unspecified atom stereocenters. The lowest BCUT2D eigenvalue weighted by Gasteiger charge is -2.18. The zero-order valence-corrected chi connectivity index (χ0v) is 14.2. The van der Waals surface area contributed by atoms with Crippen molar-refractivity contribution in [2.24, 2.45) is 5.92 Å². The number of hydrogen-bond acceptors (Lipinski definition) is 5. The van der Waals surface area contributed by atoms with Crippen LogP contribution in [0.4, 0.5) is 11.4 Å². The Hall–Kier alpha value is -2.64. The smallest absolute Gasteiger partial charge is 0.326 e. The van der Waals surface area contributed by atoms with Gasteiger partial charge in [-0.25, -0.2) is 4.79 Å². The van der Waals surface area contributed by atoms with Crippen LogP contribution in [0.2, 0.25) is 0 Å². The number of carbonyl (C=O) groups excluding carboxylic acids is 1. The monoisotopic (exact) mass is 337 g/mol. The molecule has 1 amide bonds. The minimum Gasteiger partial charge on any atom is -0.480 e. The fourth-order valence-electron chi connectivity index (χ4n) is 2.17. The molecule has 0 aliphatic heterocycles. The Balaban J connectivity index is 3.13. The first-order chi connectivity index (χ1) is 11.1. The van der Waals surface area contributed by atoms with Crippen LogP contribution in [0.25, 0.3) is 0 Å². The summed E-state index contributed by atoms with van der Waals surface area (Å²) in [5.74, 6) is -1.40. The highest BCUT2D eigenvalue weighted by Crippen LogP contribution is 2.27. The number of aliphatic carboxylic acids is 1. The summed E-state index contributed by atoms with van der Waals surface area (Å²) < 4.78 is 0. The van der Waals surface area contributed by atoms with Crippen LogP contribution in [0.3, 0.4) is 0 Å². The average molecular weight is 337 g/mol. The lowest BCUT2D eigenvalue weighted by atomic mass is 10.0. The Morgan fingerprint density at radius 1 is 1.25 bits per heavy atom. The van der Waals surface area contributed by atoms with Crippen LogP contribution < -0.4 is 10.6 Å². The van der Waals surface area contributed by atoms with Crippen molar-refractivity contribution in [1.29, 1.82) is 0 Å². The van der Waals surface area contributed by atoms with Crippen LogP contribution in [0.1, 0.15) is 44.5 Å². The van der Waals surface area contributed by atoms with E-state index in [4.69, 9.17) is 0 Å². The maximum atomic E-state index is 12.0. The molecular formula is C16H23N3O5. The lowest BCUT2D eigenvalue weighted by molar-refractivity contribution is -0.384.